The van der Waals surface area contributed by atoms with Crippen molar-refractivity contribution in [3.8, 4) is 0 Å². The van der Waals surface area contributed by atoms with E-state index >= 15 is 0 Å². The van der Waals surface area contributed by atoms with E-state index in [2.05, 4.69) is 12.2 Å². The van der Waals surface area contributed by atoms with Crippen LogP contribution in [0.1, 0.15) is 32.2 Å². The topological polar surface area (TPSA) is 34.1 Å². The first-order chi connectivity index (χ1) is 8.66. The van der Waals surface area contributed by atoms with E-state index in [0.29, 0.717) is 12.9 Å². The highest BCUT2D eigenvalue weighted by atomic mass is 32.2. The molecule has 1 aromatic rings. The molecule has 1 heterocycles. The van der Waals surface area contributed by atoms with Gasteiger partial charge in [-0.15, -0.1) is 22.7 Å². The third-order valence-corrected chi connectivity index (χ3v) is 7.06. The van der Waals surface area contributed by atoms with E-state index in [1.807, 2.05) is 0 Å². The Labute approximate surface area is 117 Å². The summed E-state index contributed by atoms with van der Waals surface area (Å²) >= 11 is 7.79. The first-order valence-corrected chi connectivity index (χ1v) is 8.11. The molecule has 0 aromatic carbocycles. The highest BCUT2D eigenvalue weighted by Gasteiger charge is 2.52. The molecule has 5 heteroatoms. The smallest absolute Gasteiger partial charge is 0.178 e. The van der Waals surface area contributed by atoms with Gasteiger partial charge in [0.05, 0.1) is 9.75 Å². The van der Waals surface area contributed by atoms with Crippen LogP contribution in [0.4, 0.5) is 0 Å². The highest BCUT2D eigenvalue weighted by Crippen LogP contribution is 2.51. The number of fused-ring (bicyclic) bond motifs is 2. The van der Waals surface area contributed by atoms with Crippen molar-refractivity contribution in [2.45, 2.75) is 12.8 Å². The average molecular weight is 294 g/mol. The maximum absolute atomic E-state index is 12.6. The van der Waals surface area contributed by atoms with Gasteiger partial charge in [-0.25, -0.2) is 0 Å². The van der Waals surface area contributed by atoms with Gasteiger partial charge in [-0.1, -0.05) is 24.4 Å². The molecular formula is C13H10O2S3. The second-order valence-electron chi connectivity index (χ2n) is 5.18. The molecule has 4 aliphatic carbocycles. The summed E-state index contributed by atoms with van der Waals surface area (Å²) in [5, 5.41) is 0. The lowest BCUT2D eigenvalue weighted by Gasteiger charge is -2.44. The Morgan fingerprint density at radius 2 is 1.39 bits per heavy atom. The minimum atomic E-state index is -0.103. The summed E-state index contributed by atoms with van der Waals surface area (Å²) < 4.78 is 0.695. The standard InChI is InChI=1S/C13H10O2S3/c14-9-7-5-1-2-6(4-3-5)8(7)10(15)12-11(9)17-13(16)18-12/h1-2,5-8H,3-4H2. The van der Waals surface area contributed by atoms with Crippen LogP contribution in [0.5, 0.6) is 0 Å². The first-order valence-electron chi connectivity index (χ1n) is 6.07. The maximum Gasteiger partial charge on any atom is 0.178 e. The van der Waals surface area contributed by atoms with Crippen LogP contribution in [-0.2, 0) is 0 Å². The zero-order valence-corrected chi connectivity index (χ0v) is 11.9. The predicted molar refractivity (Wildman–Crippen MR) is 74.0 cm³/mol. The van der Waals surface area contributed by atoms with Gasteiger partial charge in [0.25, 0.3) is 0 Å². The zero-order chi connectivity index (χ0) is 12.4. The van der Waals surface area contributed by atoms with Crippen LogP contribution in [0, 0.1) is 26.8 Å². The minimum absolute atomic E-state index is 0.103. The van der Waals surface area contributed by atoms with E-state index < -0.39 is 0 Å². The molecule has 5 rings (SSSR count). The van der Waals surface area contributed by atoms with Crippen molar-refractivity contribution >= 4 is 46.5 Å². The fourth-order valence-corrected chi connectivity index (χ4v) is 6.23. The number of hydrogen-bond donors (Lipinski definition) is 0. The Kier molecular flexibility index (Phi) is 2.29. The quantitative estimate of drug-likeness (QED) is 0.540. The summed E-state index contributed by atoms with van der Waals surface area (Å²) in [6, 6.07) is 0. The van der Waals surface area contributed by atoms with Gasteiger partial charge in [-0.3, -0.25) is 9.59 Å². The Morgan fingerprint density at radius 3 is 1.78 bits per heavy atom. The third kappa shape index (κ3) is 1.30. The molecule has 4 aliphatic rings. The van der Waals surface area contributed by atoms with E-state index in [-0.39, 0.29) is 35.2 Å². The third-order valence-electron chi connectivity index (χ3n) is 4.38. The van der Waals surface area contributed by atoms with E-state index in [0.717, 1.165) is 12.8 Å². The van der Waals surface area contributed by atoms with Gasteiger partial charge in [0.2, 0.25) is 0 Å². The first kappa shape index (κ1) is 11.2. The fourth-order valence-electron chi connectivity index (χ4n) is 3.62. The van der Waals surface area contributed by atoms with Gasteiger partial charge in [-0.05, 0) is 24.7 Å². The van der Waals surface area contributed by atoms with Gasteiger partial charge in [0, 0.05) is 11.8 Å². The number of ketones is 2. The summed E-state index contributed by atoms with van der Waals surface area (Å²) in [5.74, 6) is 0.676. The largest absolute Gasteiger partial charge is 0.293 e. The molecule has 0 N–H and O–H groups in total. The number of carbonyl (C=O) groups is 2. The molecule has 1 fully saturated rings. The Hall–Kier alpha value is -0.650. The summed E-state index contributed by atoms with van der Waals surface area (Å²) in [5.41, 5.74) is 0. The molecule has 0 aliphatic heterocycles. The molecule has 1 saturated carbocycles. The molecule has 1 aromatic heterocycles. The average Bonchev–Trinajstić information content (AvgIpc) is 2.79. The van der Waals surface area contributed by atoms with Crippen molar-refractivity contribution in [2.75, 3.05) is 0 Å². The van der Waals surface area contributed by atoms with Crippen LogP contribution >= 0.6 is 34.9 Å². The number of rotatable bonds is 0. The van der Waals surface area contributed by atoms with Crippen LogP contribution < -0.4 is 0 Å². The van der Waals surface area contributed by atoms with Gasteiger partial charge in [-0.2, -0.15) is 0 Å². The van der Waals surface area contributed by atoms with Crippen LogP contribution in [0.2, 0.25) is 0 Å². The van der Waals surface area contributed by atoms with Crippen molar-refractivity contribution < 1.29 is 9.59 Å². The van der Waals surface area contributed by atoms with Crippen LogP contribution in [0.3, 0.4) is 0 Å². The molecule has 18 heavy (non-hydrogen) atoms. The minimum Gasteiger partial charge on any atom is -0.293 e. The monoisotopic (exact) mass is 294 g/mol. The van der Waals surface area contributed by atoms with E-state index in [1.54, 1.807) is 0 Å². The molecule has 0 radical (unpaired) electrons. The maximum atomic E-state index is 12.6. The van der Waals surface area contributed by atoms with Crippen molar-refractivity contribution in [3.05, 3.63) is 25.0 Å². The molecule has 2 bridgehead atoms. The summed E-state index contributed by atoms with van der Waals surface area (Å²) in [7, 11) is 0. The molecule has 0 amide bonds. The van der Waals surface area contributed by atoms with Gasteiger partial charge < -0.3 is 0 Å². The predicted octanol–water partition coefficient (Wildman–Crippen LogP) is 3.75. The fraction of sp³-hybridized carbons (Fsp3) is 0.462. The van der Waals surface area contributed by atoms with E-state index in [9.17, 15) is 9.59 Å². The second-order valence-corrected chi connectivity index (χ2v) is 8.41. The van der Waals surface area contributed by atoms with Crippen molar-refractivity contribution in [1.29, 1.82) is 0 Å². The molecule has 2 nitrogen and oxygen atoms in total. The SMILES string of the molecule is O=C1c2sc(=S)sc2C(=O)C2C3C=CC(CC3)C12. The summed E-state index contributed by atoms with van der Waals surface area (Å²) in [6.45, 7) is 0. The van der Waals surface area contributed by atoms with Gasteiger partial charge in [0.1, 0.15) is 3.14 Å². The number of carbonyl (C=O) groups excluding carboxylic acids is 2. The molecule has 4 atom stereocenters. The number of Topliss-reactive ketones (excluding diaryl/α,β-unsaturated/α-hetero) is 2. The molecule has 4 unspecified atom stereocenters. The van der Waals surface area contributed by atoms with Gasteiger partial charge in [0.15, 0.2) is 11.6 Å². The van der Waals surface area contributed by atoms with Crippen molar-refractivity contribution in [3.63, 3.8) is 0 Å². The molecule has 0 saturated heterocycles. The van der Waals surface area contributed by atoms with Gasteiger partial charge >= 0.3 is 0 Å². The Morgan fingerprint density at radius 1 is 0.944 bits per heavy atom. The lowest BCUT2D eigenvalue weighted by molar-refractivity contribution is 0.0528. The van der Waals surface area contributed by atoms with Crippen molar-refractivity contribution in [2.24, 2.45) is 23.7 Å². The van der Waals surface area contributed by atoms with E-state index in [4.69, 9.17) is 12.2 Å². The van der Waals surface area contributed by atoms with Crippen LogP contribution in [0.15, 0.2) is 12.2 Å². The van der Waals surface area contributed by atoms with E-state index in [1.165, 1.54) is 22.7 Å². The summed E-state index contributed by atoms with van der Waals surface area (Å²) in [4.78, 5) is 26.4. The number of allylic oxidation sites excluding steroid dienone is 2. The van der Waals surface area contributed by atoms with Crippen molar-refractivity contribution in [1.82, 2.24) is 0 Å². The normalized spacial score (nSPS) is 36.7. The second kappa shape index (κ2) is 3.68. The Balaban J connectivity index is 1.94. The zero-order valence-electron chi connectivity index (χ0n) is 9.42. The lowest BCUT2D eigenvalue weighted by Crippen LogP contribution is -2.47. The number of hydrogen-bond acceptors (Lipinski definition) is 5. The van der Waals surface area contributed by atoms with Crippen LogP contribution in [0.25, 0.3) is 0 Å². The lowest BCUT2D eigenvalue weighted by atomic mass is 9.58. The summed E-state index contributed by atoms with van der Waals surface area (Å²) in [6.07, 6.45) is 6.40. The Bertz CT molecular complexity index is 599. The van der Waals surface area contributed by atoms with Crippen LogP contribution in [-0.4, -0.2) is 11.6 Å². The molecule has 0 spiro atoms. The molecule has 92 valence electrons. The molecular weight excluding hydrogens is 284 g/mol. The highest BCUT2D eigenvalue weighted by molar-refractivity contribution is 7.76.